The maximum Gasteiger partial charge on any atom is 0.340 e. The quantitative estimate of drug-likeness (QED) is 0.451. The van der Waals surface area contributed by atoms with Crippen molar-refractivity contribution in [3.8, 4) is 11.5 Å². The summed E-state index contributed by atoms with van der Waals surface area (Å²) in [4.78, 5) is 35.7. The SMILES string of the molecule is COC(=O)c1ccc(C(=O)OC)c(S(=O)(=O)Nc2cc(OC)c(OC)cc2C(=O)OC)c1. The van der Waals surface area contributed by atoms with Gasteiger partial charge in [-0.05, 0) is 18.2 Å². The van der Waals surface area contributed by atoms with Gasteiger partial charge in [0.1, 0.15) is 4.90 Å². The van der Waals surface area contributed by atoms with Gasteiger partial charge in [-0.25, -0.2) is 22.8 Å². The van der Waals surface area contributed by atoms with E-state index in [4.69, 9.17) is 14.2 Å². The van der Waals surface area contributed by atoms with Gasteiger partial charge in [0.25, 0.3) is 10.0 Å². The summed E-state index contributed by atoms with van der Waals surface area (Å²) in [6.45, 7) is 0. The zero-order chi connectivity index (χ0) is 24.1. The Kier molecular flexibility index (Phi) is 7.65. The van der Waals surface area contributed by atoms with Crippen molar-refractivity contribution in [3.63, 3.8) is 0 Å². The van der Waals surface area contributed by atoms with Gasteiger partial charge in [-0.15, -0.1) is 0 Å². The maximum absolute atomic E-state index is 13.2. The number of hydrogen-bond acceptors (Lipinski definition) is 10. The lowest BCUT2D eigenvalue weighted by molar-refractivity contribution is 0.0583. The van der Waals surface area contributed by atoms with E-state index in [2.05, 4.69) is 14.2 Å². The second-order valence-electron chi connectivity index (χ2n) is 6.04. The molecule has 0 amide bonds. The Balaban J connectivity index is 2.71. The fourth-order valence-corrected chi connectivity index (χ4v) is 4.00. The number of rotatable bonds is 8. The molecule has 0 atom stereocenters. The van der Waals surface area contributed by atoms with Crippen LogP contribution in [-0.2, 0) is 24.2 Å². The van der Waals surface area contributed by atoms with Crippen molar-refractivity contribution in [2.45, 2.75) is 4.90 Å². The highest BCUT2D eigenvalue weighted by Gasteiger charge is 2.28. The predicted molar refractivity (Wildman–Crippen MR) is 111 cm³/mol. The van der Waals surface area contributed by atoms with E-state index >= 15 is 0 Å². The van der Waals surface area contributed by atoms with Gasteiger partial charge in [0.2, 0.25) is 0 Å². The molecule has 0 bridgehead atoms. The van der Waals surface area contributed by atoms with Crippen molar-refractivity contribution in [3.05, 3.63) is 47.0 Å². The number of nitrogens with one attached hydrogen (secondary N) is 1. The zero-order valence-corrected chi connectivity index (χ0v) is 18.7. The van der Waals surface area contributed by atoms with E-state index in [1.165, 1.54) is 32.4 Å². The third-order valence-corrected chi connectivity index (χ3v) is 5.68. The average molecular weight is 467 g/mol. The van der Waals surface area contributed by atoms with Crippen LogP contribution in [0.25, 0.3) is 0 Å². The molecule has 0 aliphatic rings. The van der Waals surface area contributed by atoms with E-state index in [9.17, 15) is 22.8 Å². The molecule has 0 aliphatic carbocycles. The molecule has 11 nitrogen and oxygen atoms in total. The maximum atomic E-state index is 13.2. The van der Waals surface area contributed by atoms with Gasteiger partial charge >= 0.3 is 17.9 Å². The van der Waals surface area contributed by atoms with Crippen LogP contribution in [0.4, 0.5) is 5.69 Å². The van der Waals surface area contributed by atoms with Gasteiger partial charge in [-0.1, -0.05) is 0 Å². The van der Waals surface area contributed by atoms with Crippen LogP contribution in [0.3, 0.4) is 0 Å². The lowest BCUT2D eigenvalue weighted by atomic mass is 10.1. The van der Waals surface area contributed by atoms with Crippen molar-refractivity contribution in [2.24, 2.45) is 0 Å². The van der Waals surface area contributed by atoms with Crippen LogP contribution in [0, 0.1) is 0 Å². The highest BCUT2D eigenvalue weighted by Crippen LogP contribution is 2.35. The Morgan fingerprint density at radius 2 is 1.25 bits per heavy atom. The van der Waals surface area contributed by atoms with Crippen molar-refractivity contribution in [2.75, 3.05) is 40.3 Å². The number of hydrogen-bond donors (Lipinski definition) is 1. The predicted octanol–water partition coefficient (Wildman–Crippen LogP) is 1.86. The number of sulfonamides is 1. The Morgan fingerprint density at radius 3 is 1.78 bits per heavy atom. The molecule has 1 N–H and O–H groups in total. The van der Waals surface area contributed by atoms with E-state index < -0.39 is 32.8 Å². The van der Waals surface area contributed by atoms with Crippen molar-refractivity contribution >= 4 is 33.6 Å². The van der Waals surface area contributed by atoms with E-state index in [1.807, 2.05) is 0 Å². The molecule has 0 saturated carbocycles. The average Bonchev–Trinajstić information content (AvgIpc) is 2.81. The number of carbonyl (C=O) groups excluding carboxylic acids is 3. The Hall–Kier alpha value is -3.80. The van der Waals surface area contributed by atoms with Gasteiger partial charge in [0.05, 0.1) is 57.9 Å². The fourth-order valence-electron chi connectivity index (χ4n) is 2.71. The van der Waals surface area contributed by atoms with Gasteiger partial charge in [0.15, 0.2) is 11.5 Å². The molecule has 0 radical (unpaired) electrons. The number of esters is 3. The van der Waals surface area contributed by atoms with E-state index in [-0.39, 0.29) is 33.9 Å². The molecule has 32 heavy (non-hydrogen) atoms. The number of carbonyl (C=O) groups is 3. The van der Waals surface area contributed by atoms with Crippen molar-refractivity contribution in [1.82, 2.24) is 0 Å². The molecular formula is C20H21NO10S. The first-order valence-electron chi connectivity index (χ1n) is 8.81. The summed E-state index contributed by atoms with van der Waals surface area (Å²) < 4.78 is 52.9. The fraction of sp³-hybridized carbons (Fsp3) is 0.250. The largest absolute Gasteiger partial charge is 0.493 e. The third-order valence-electron chi connectivity index (χ3n) is 4.27. The first-order chi connectivity index (χ1) is 15.1. The molecule has 0 spiro atoms. The molecule has 172 valence electrons. The van der Waals surface area contributed by atoms with Crippen LogP contribution in [0.15, 0.2) is 35.2 Å². The van der Waals surface area contributed by atoms with E-state index in [1.54, 1.807) is 0 Å². The highest BCUT2D eigenvalue weighted by molar-refractivity contribution is 7.92. The van der Waals surface area contributed by atoms with E-state index in [0.29, 0.717) is 0 Å². The molecule has 2 aromatic carbocycles. The number of benzene rings is 2. The Morgan fingerprint density at radius 1 is 0.719 bits per heavy atom. The Bertz CT molecular complexity index is 1160. The summed E-state index contributed by atoms with van der Waals surface area (Å²) in [6.07, 6.45) is 0. The minimum Gasteiger partial charge on any atom is -0.493 e. The number of methoxy groups -OCH3 is 5. The molecule has 12 heteroatoms. The molecule has 0 heterocycles. The molecule has 0 saturated heterocycles. The highest BCUT2D eigenvalue weighted by atomic mass is 32.2. The van der Waals surface area contributed by atoms with E-state index in [0.717, 1.165) is 33.5 Å². The zero-order valence-electron chi connectivity index (χ0n) is 17.9. The molecule has 0 unspecified atom stereocenters. The summed E-state index contributed by atoms with van der Waals surface area (Å²) in [5.41, 5.74) is -0.861. The smallest absolute Gasteiger partial charge is 0.340 e. The van der Waals surface area contributed by atoms with Crippen LogP contribution in [0.5, 0.6) is 11.5 Å². The summed E-state index contributed by atoms with van der Waals surface area (Å²) >= 11 is 0. The first-order valence-corrected chi connectivity index (χ1v) is 10.3. The molecule has 0 fully saturated rings. The van der Waals surface area contributed by atoms with Gasteiger partial charge in [-0.2, -0.15) is 0 Å². The first kappa shape index (κ1) is 24.5. The summed E-state index contributed by atoms with van der Waals surface area (Å²) in [5.74, 6) is -2.37. The minimum absolute atomic E-state index is 0.120. The lowest BCUT2D eigenvalue weighted by Crippen LogP contribution is -2.20. The number of ether oxygens (including phenoxy) is 5. The third kappa shape index (κ3) is 4.91. The summed E-state index contributed by atoms with van der Waals surface area (Å²) in [7, 11) is 1.44. The van der Waals surface area contributed by atoms with Crippen LogP contribution in [0.2, 0.25) is 0 Å². The van der Waals surface area contributed by atoms with Crippen LogP contribution < -0.4 is 14.2 Å². The van der Waals surface area contributed by atoms with Gasteiger partial charge in [0, 0.05) is 12.1 Å². The minimum atomic E-state index is -4.53. The van der Waals surface area contributed by atoms with Gasteiger partial charge < -0.3 is 23.7 Å². The Labute approximate surface area is 184 Å². The molecule has 0 aromatic heterocycles. The van der Waals surface area contributed by atoms with Crippen LogP contribution >= 0.6 is 0 Å². The molecule has 2 aromatic rings. The topological polar surface area (TPSA) is 144 Å². The second-order valence-corrected chi connectivity index (χ2v) is 7.69. The molecule has 0 aliphatic heterocycles. The van der Waals surface area contributed by atoms with Crippen molar-refractivity contribution in [1.29, 1.82) is 0 Å². The monoisotopic (exact) mass is 467 g/mol. The molecular weight excluding hydrogens is 446 g/mol. The number of anilines is 1. The summed E-state index contributed by atoms with van der Waals surface area (Å²) in [6, 6.07) is 5.73. The van der Waals surface area contributed by atoms with Crippen LogP contribution in [0.1, 0.15) is 31.1 Å². The van der Waals surface area contributed by atoms with Gasteiger partial charge in [-0.3, -0.25) is 4.72 Å². The molecule has 2 rings (SSSR count). The second kappa shape index (κ2) is 10.0. The summed E-state index contributed by atoms with van der Waals surface area (Å²) in [5, 5.41) is 0. The normalized spacial score (nSPS) is 10.7. The lowest BCUT2D eigenvalue weighted by Gasteiger charge is -2.17. The van der Waals surface area contributed by atoms with Crippen LogP contribution in [-0.4, -0.2) is 61.9 Å². The standard InChI is InChI=1S/C20H21NO10S/c1-27-15-9-13(20(24)31-5)14(10-16(15)28-2)21-32(25,26)17-8-11(18(22)29-3)6-7-12(17)19(23)30-4/h6-10,21H,1-5H3. The van der Waals surface area contributed by atoms with Crippen molar-refractivity contribution < 1.29 is 46.5 Å².